The molecule has 100 valence electrons. The molecule has 0 aliphatic carbocycles. The van der Waals surface area contributed by atoms with Gasteiger partial charge in [0.05, 0.1) is 11.7 Å². The van der Waals surface area contributed by atoms with Crippen molar-refractivity contribution in [3.05, 3.63) is 21.9 Å². The molecule has 0 saturated carbocycles. The topological polar surface area (TPSA) is 58.6 Å². The number of thiophene rings is 1. The average Bonchev–Trinajstić information content (AvgIpc) is 2.97. The molecular weight excluding hydrogens is 250 g/mol. The van der Waals surface area contributed by atoms with Gasteiger partial charge in [0.15, 0.2) is 0 Å². The molecule has 0 amide bonds. The van der Waals surface area contributed by atoms with E-state index in [1.54, 1.807) is 11.4 Å². The van der Waals surface area contributed by atoms with Crippen LogP contribution in [0, 0.1) is 5.92 Å². The lowest BCUT2D eigenvalue weighted by atomic mass is 10.00. The van der Waals surface area contributed by atoms with Gasteiger partial charge in [0.25, 0.3) is 0 Å². The second-order valence-electron chi connectivity index (χ2n) is 4.60. The van der Waals surface area contributed by atoms with Gasteiger partial charge in [-0.05, 0) is 24.8 Å². The molecule has 1 aromatic heterocycles. The van der Waals surface area contributed by atoms with Gasteiger partial charge < -0.3 is 15.2 Å². The van der Waals surface area contributed by atoms with Crippen LogP contribution in [0.3, 0.4) is 0 Å². The molecule has 1 fully saturated rings. The Balaban J connectivity index is 1.76. The third-order valence-corrected chi connectivity index (χ3v) is 4.29. The van der Waals surface area contributed by atoms with Crippen LogP contribution in [0.1, 0.15) is 35.0 Å². The summed E-state index contributed by atoms with van der Waals surface area (Å²) in [6.45, 7) is 4.71. The Labute approximate surface area is 111 Å². The molecule has 5 heteroatoms. The van der Waals surface area contributed by atoms with E-state index in [-0.39, 0.29) is 0 Å². The maximum atomic E-state index is 10.7. The van der Waals surface area contributed by atoms with Gasteiger partial charge in [-0.25, -0.2) is 4.79 Å². The zero-order chi connectivity index (χ0) is 13.0. The van der Waals surface area contributed by atoms with Crippen molar-refractivity contribution in [3.8, 4) is 0 Å². The van der Waals surface area contributed by atoms with Crippen LogP contribution >= 0.6 is 11.3 Å². The molecule has 0 aromatic carbocycles. The van der Waals surface area contributed by atoms with Crippen LogP contribution in [0.5, 0.6) is 0 Å². The second kappa shape index (κ2) is 6.31. The molecule has 2 N–H and O–H groups in total. The highest BCUT2D eigenvalue weighted by Gasteiger charge is 2.25. The van der Waals surface area contributed by atoms with Crippen LogP contribution in [-0.4, -0.2) is 30.3 Å². The molecule has 1 aromatic rings. The van der Waals surface area contributed by atoms with E-state index in [1.807, 2.05) is 0 Å². The first-order valence-electron chi connectivity index (χ1n) is 6.33. The van der Waals surface area contributed by atoms with Gasteiger partial charge in [0.2, 0.25) is 0 Å². The van der Waals surface area contributed by atoms with Crippen LogP contribution < -0.4 is 5.32 Å². The van der Waals surface area contributed by atoms with Crippen molar-refractivity contribution < 1.29 is 14.6 Å². The van der Waals surface area contributed by atoms with Gasteiger partial charge in [0.1, 0.15) is 0 Å². The third-order valence-electron chi connectivity index (χ3n) is 3.36. The lowest BCUT2D eigenvalue weighted by Gasteiger charge is -2.16. The van der Waals surface area contributed by atoms with Gasteiger partial charge in [-0.1, -0.05) is 6.92 Å². The molecule has 2 unspecified atom stereocenters. The maximum absolute atomic E-state index is 10.7. The molecular formula is C13H19NO3S. The van der Waals surface area contributed by atoms with Crippen LogP contribution in [0.4, 0.5) is 0 Å². The van der Waals surface area contributed by atoms with E-state index >= 15 is 0 Å². The number of carboxylic acids is 1. The maximum Gasteiger partial charge on any atom is 0.336 e. The number of nitrogens with one attached hydrogen (secondary N) is 1. The first kappa shape index (κ1) is 13.5. The van der Waals surface area contributed by atoms with E-state index in [9.17, 15) is 4.79 Å². The minimum absolute atomic E-state index is 0.382. The first-order valence-corrected chi connectivity index (χ1v) is 7.21. The van der Waals surface area contributed by atoms with Crippen LogP contribution in [0.15, 0.2) is 11.4 Å². The summed E-state index contributed by atoms with van der Waals surface area (Å²) in [7, 11) is 0. The molecule has 1 aliphatic heterocycles. The van der Waals surface area contributed by atoms with E-state index < -0.39 is 5.97 Å². The number of ether oxygens (including phenoxy) is 1. The molecule has 0 bridgehead atoms. The summed E-state index contributed by atoms with van der Waals surface area (Å²) in [5.74, 6) is -0.262. The summed E-state index contributed by atoms with van der Waals surface area (Å²) in [6, 6.07) is 1.74. The van der Waals surface area contributed by atoms with Crippen molar-refractivity contribution >= 4 is 17.3 Å². The van der Waals surface area contributed by atoms with Crippen molar-refractivity contribution in [1.29, 1.82) is 0 Å². The second-order valence-corrected chi connectivity index (χ2v) is 5.60. The van der Waals surface area contributed by atoms with Gasteiger partial charge in [-0.3, -0.25) is 0 Å². The Kier molecular flexibility index (Phi) is 4.74. The van der Waals surface area contributed by atoms with Crippen LogP contribution in [0.2, 0.25) is 0 Å². The monoisotopic (exact) mass is 269 g/mol. The minimum Gasteiger partial charge on any atom is -0.478 e. The summed E-state index contributed by atoms with van der Waals surface area (Å²) >= 11 is 1.49. The third kappa shape index (κ3) is 3.31. The van der Waals surface area contributed by atoms with E-state index in [4.69, 9.17) is 9.84 Å². The Bertz CT molecular complexity index is 405. The van der Waals surface area contributed by atoms with E-state index in [0.717, 1.165) is 37.4 Å². The molecule has 1 aliphatic rings. The number of carboxylic acid groups (broad SMARTS) is 1. The smallest absolute Gasteiger partial charge is 0.336 e. The Morgan fingerprint density at radius 3 is 3.17 bits per heavy atom. The molecule has 0 spiro atoms. The normalized spacial score (nSPS) is 23.4. The number of aromatic carboxylic acids is 1. The zero-order valence-electron chi connectivity index (χ0n) is 10.5. The van der Waals surface area contributed by atoms with Gasteiger partial charge in [-0.2, -0.15) is 0 Å². The molecule has 0 radical (unpaired) electrons. The Morgan fingerprint density at radius 2 is 2.50 bits per heavy atom. The summed E-state index contributed by atoms with van der Waals surface area (Å²) in [4.78, 5) is 11.8. The highest BCUT2D eigenvalue weighted by Crippen LogP contribution is 2.22. The predicted molar refractivity (Wildman–Crippen MR) is 71.1 cm³/mol. The van der Waals surface area contributed by atoms with Crippen molar-refractivity contribution in [2.75, 3.05) is 13.2 Å². The standard InChI is InChI=1S/C13H19NO3S/c1-2-12-9(3-4-17-12)6-14-7-11-5-10(8-18-11)13(15)16/h5,8-9,12,14H,2-4,6-7H2,1H3,(H,15,16). The van der Waals surface area contributed by atoms with E-state index in [0.29, 0.717) is 17.6 Å². The molecule has 2 atom stereocenters. The van der Waals surface area contributed by atoms with E-state index in [1.165, 1.54) is 11.3 Å². The Morgan fingerprint density at radius 1 is 1.67 bits per heavy atom. The average molecular weight is 269 g/mol. The van der Waals surface area contributed by atoms with Crippen molar-refractivity contribution in [1.82, 2.24) is 5.32 Å². The van der Waals surface area contributed by atoms with Crippen LogP contribution in [-0.2, 0) is 11.3 Å². The van der Waals surface area contributed by atoms with E-state index in [2.05, 4.69) is 12.2 Å². The lowest BCUT2D eigenvalue weighted by Crippen LogP contribution is -2.27. The molecule has 18 heavy (non-hydrogen) atoms. The largest absolute Gasteiger partial charge is 0.478 e. The summed E-state index contributed by atoms with van der Waals surface area (Å²) in [5, 5.41) is 13.9. The molecule has 2 rings (SSSR count). The summed E-state index contributed by atoms with van der Waals surface area (Å²) in [6.07, 6.45) is 2.57. The SMILES string of the molecule is CCC1OCCC1CNCc1cc(C(=O)O)cs1. The Hall–Kier alpha value is -0.910. The fourth-order valence-electron chi connectivity index (χ4n) is 2.34. The van der Waals surface area contributed by atoms with Crippen LogP contribution in [0.25, 0.3) is 0 Å². The zero-order valence-corrected chi connectivity index (χ0v) is 11.3. The molecule has 2 heterocycles. The lowest BCUT2D eigenvalue weighted by molar-refractivity contribution is 0.0697. The number of hydrogen-bond acceptors (Lipinski definition) is 4. The minimum atomic E-state index is -0.854. The van der Waals surface area contributed by atoms with Gasteiger partial charge >= 0.3 is 5.97 Å². The quantitative estimate of drug-likeness (QED) is 0.832. The summed E-state index contributed by atoms with van der Waals surface area (Å²) < 4.78 is 5.64. The van der Waals surface area contributed by atoms with Gasteiger partial charge in [-0.15, -0.1) is 11.3 Å². The fraction of sp³-hybridized carbons (Fsp3) is 0.615. The van der Waals surface area contributed by atoms with Gasteiger partial charge in [0, 0.05) is 30.0 Å². The van der Waals surface area contributed by atoms with Crippen molar-refractivity contribution in [2.24, 2.45) is 5.92 Å². The highest BCUT2D eigenvalue weighted by molar-refractivity contribution is 7.10. The predicted octanol–water partition coefficient (Wildman–Crippen LogP) is 2.35. The molecule has 4 nitrogen and oxygen atoms in total. The fourth-order valence-corrected chi connectivity index (χ4v) is 3.17. The molecule has 1 saturated heterocycles. The first-order chi connectivity index (χ1) is 8.70. The number of carbonyl (C=O) groups is 1. The number of rotatable bonds is 6. The summed E-state index contributed by atoms with van der Waals surface area (Å²) in [5.41, 5.74) is 0.382. The van der Waals surface area contributed by atoms with Crippen molar-refractivity contribution in [2.45, 2.75) is 32.4 Å². The highest BCUT2D eigenvalue weighted by atomic mass is 32.1. The van der Waals surface area contributed by atoms with Crippen molar-refractivity contribution in [3.63, 3.8) is 0 Å². The number of hydrogen-bond donors (Lipinski definition) is 2.